The van der Waals surface area contributed by atoms with Gasteiger partial charge in [-0.15, -0.1) is 0 Å². The summed E-state index contributed by atoms with van der Waals surface area (Å²) in [5.74, 6) is 1.64. The summed E-state index contributed by atoms with van der Waals surface area (Å²) in [6, 6.07) is 0.137. The molecule has 2 amide bonds. The Bertz CT molecular complexity index is 409. The number of nitrogens with zero attached hydrogens (tertiary/aromatic N) is 2. The van der Waals surface area contributed by atoms with Crippen molar-refractivity contribution >= 4 is 11.8 Å². The maximum absolute atomic E-state index is 12.8. The van der Waals surface area contributed by atoms with E-state index in [0.717, 1.165) is 32.2 Å². The summed E-state index contributed by atoms with van der Waals surface area (Å²) in [5, 5.41) is 0. The molecule has 0 aromatic carbocycles. The van der Waals surface area contributed by atoms with Crippen molar-refractivity contribution in [3.05, 3.63) is 0 Å². The van der Waals surface area contributed by atoms with Gasteiger partial charge in [0.2, 0.25) is 11.8 Å². The van der Waals surface area contributed by atoms with Crippen LogP contribution in [-0.4, -0.2) is 46.8 Å². The van der Waals surface area contributed by atoms with Gasteiger partial charge >= 0.3 is 0 Å². The second-order valence-corrected chi connectivity index (χ2v) is 6.74. The summed E-state index contributed by atoms with van der Waals surface area (Å²) >= 11 is 0. The first-order valence-corrected chi connectivity index (χ1v) is 8.23. The first kappa shape index (κ1) is 13.9. The number of carbonyl (C=O) groups excluding carboxylic acids is 2. The molecule has 0 N–H and O–H groups in total. The number of fused-ring (bicyclic) bond motifs is 1. The quantitative estimate of drug-likeness (QED) is 0.775. The number of rotatable bonds is 2. The molecule has 0 aromatic rings. The van der Waals surface area contributed by atoms with Gasteiger partial charge in [-0.25, -0.2) is 0 Å². The first-order chi connectivity index (χ1) is 9.63. The lowest BCUT2D eigenvalue weighted by Gasteiger charge is -2.45. The molecule has 4 nitrogen and oxygen atoms in total. The molecule has 2 heterocycles. The molecule has 4 unspecified atom stereocenters. The van der Waals surface area contributed by atoms with Crippen molar-refractivity contribution in [1.82, 2.24) is 9.80 Å². The zero-order valence-corrected chi connectivity index (χ0v) is 12.7. The van der Waals surface area contributed by atoms with E-state index in [9.17, 15) is 9.59 Å². The number of hydrogen-bond donors (Lipinski definition) is 0. The second kappa shape index (κ2) is 5.38. The molecule has 3 aliphatic rings. The van der Waals surface area contributed by atoms with E-state index in [1.807, 2.05) is 9.80 Å². The van der Waals surface area contributed by atoms with Crippen molar-refractivity contribution in [1.29, 1.82) is 0 Å². The van der Waals surface area contributed by atoms with Crippen LogP contribution >= 0.6 is 0 Å². The highest BCUT2D eigenvalue weighted by atomic mass is 16.2. The van der Waals surface area contributed by atoms with Gasteiger partial charge in [-0.2, -0.15) is 0 Å². The Balaban J connectivity index is 1.77. The van der Waals surface area contributed by atoms with Gasteiger partial charge in [-0.1, -0.05) is 20.3 Å². The van der Waals surface area contributed by atoms with Crippen LogP contribution in [-0.2, 0) is 9.59 Å². The predicted molar refractivity (Wildman–Crippen MR) is 77.0 cm³/mol. The minimum absolute atomic E-state index is 0.155. The van der Waals surface area contributed by atoms with Crippen LogP contribution in [0.3, 0.4) is 0 Å². The van der Waals surface area contributed by atoms with Crippen molar-refractivity contribution in [3.8, 4) is 0 Å². The van der Waals surface area contributed by atoms with E-state index in [4.69, 9.17) is 0 Å². The normalized spacial score (nSPS) is 38.3. The molecular weight excluding hydrogens is 252 g/mol. The van der Waals surface area contributed by atoms with Gasteiger partial charge in [0.05, 0.1) is 0 Å². The molecule has 112 valence electrons. The lowest BCUT2D eigenvalue weighted by molar-refractivity contribution is -0.160. The minimum atomic E-state index is -0.155. The van der Waals surface area contributed by atoms with Crippen LogP contribution in [0, 0.1) is 11.8 Å². The van der Waals surface area contributed by atoms with Crippen LogP contribution < -0.4 is 0 Å². The highest BCUT2D eigenvalue weighted by Gasteiger charge is 2.46. The molecule has 0 spiro atoms. The van der Waals surface area contributed by atoms with Gasteiger partial charge in [0.1, 0.15) is 12.6 Å². The number of piperazine rings is 1. The summed E-state index contributed by atoms with van der Waals surface area (Å²) in [6.45, 7) is 5.59. The van der Waals surface area contributed by atoms with Crippen LogP contribution in [0.4, 0.5) is 0 Å². The first-order valence-electron chi connectivity index (χ1n) is 8.23. The lowest BCUT2D eigenvalue weighted by atomic mass is 9.91. The number of amides is 2. The van der Waals surface area contributed by atoms with E-state index < -0.39 is 0 Å². The second-order valence-electron chi connectivity index (χ2n) is 6.74. The Morgan fingerprint density at radius 2 is 1.90 bits per heavy atom. The summed E-state index contributed by atoms with van der Waals surface area (Å²) in [6.07, 6.45) is 6.45. The average molecular weight is 278 g/mol. The van der Waals surface area contributed by atoms with E-state index in [0.29, 0.717) is 24.4 Å². The Kier molecular flexibility index (Phi) is 3.74. The fourth-order valence-electron chi connectivity index (χ4n) is 4.51. The highest BCUT2D eigenvalue weighted by Crippen LogP contribution is 2.38. The molecule has 0 radical (unpaired) electrons. The number of carbonyl (C=O) groups is 2. The van der Waals surface area contributed by atoms with Gasteiger partial charge in [-0.3, -0.25) is 9.59 Å². The van der Waals surface area contributed by atoms with Gasteiger partial charge in [0.25, 0.3) is 0 Å². The van der Waals surface area contributed by atoms with Crippen molar-refractivity contribution in [3.63, 3.8) is 0 Å². The summed E-state index contributed by atoms with van der Waals surface area (Å²) in [5.41, 5.74) is 0. The molecule has 2 saturated heterocycles. The smallest absolute Gasteiger partial charge is 0.246 e. The van der Waals surface area contributed by atoms with E-state index in [2.05, 4.69) is 13.8 Å². The molecule has 1 aliphatic carbocycles. The van der Waals surface area contributed by atoms with Gasteiger partial charge < -0.3 is 9.80 Å². The maximum Gasteiger partial charge on any atom is 0.246 e. The van der Waals surface area contributed by atoms with Crippen molar-refractivity contribution < 1.29 is 9.59 Å². The molecule has 0 bridgehead atoms. The topological polar surface area (TPSA) is 40.6 Å². The Morgan fingerprint density at radius 3 is 2.60 bits per heavy atom. The zero-order chi connectivity index (χ0) is 14.3. The summed E-state index contributed by atoms with van der Waals surface area (Å²) < 4.78 is 0. The molecule has 2 aliphatic heterocycles. The fraction of sp³-hybridized carbons (Fsp3) is 0.875. The van der Waals surface area contributed by atoms with E-state index >= 15 is 0 Å². The molecule has 0 aromatic heterocycles. The average Bonchev–Trinajstić information content (AvgIpc) is 2.84. The van der Waals surface area contributed by atoms with Gasteiger partial charge in [0, 0.05) is 12.6 Å². The van der Waals surface area contributed by atoms with E-state index in [1.165, 1.54) is 12.8 Å². The Morgan fingerprint density at radius 1 is 1.10 bits per heavy atom. The van der Waals surface area contributed by atoms with E-state index in [1.54, 1.807) is 0 Å². The van der Waals surface area contributed by atoms with Gasteiger partial charge in [0.15, 0.2) is 0 Å². The molecule has 3 rings (SSSR count). The fourth-order valence-corrected chi connectivity index (χ4v) is 4.51. The number of piperidine rings is 1. The monoisotopic (exact) mass is 278 g/mol. The largest absolute Gasteiger partial charge is 0.329 e. The molecular formula is C16H26N2O2. The SMILES string of the molecule is CCC1CCC(N2CC(=O)N3CCCCC3C2=O)C1C. The number of hydrogen-bond acceptors (Lipinski definition) is 2. The third-order valence-corrected chi connectivity index (χ3v) is 5.81. The molecule has 4 atom stereocenters. The van der Waals surface area contributed by atoms with Gasteiger partial charge in [-0.05, 0) is 43.9 Å². The van der Waals surface area contributed by atoms with Crippen molar-refractivity contribution in [2.75, 3.05) is 13.1 Å². The third-order valence-electron chi connectivity index (χ3n) is 5.81. The van der Waals surface area contributed by atoms with Crippen molar-refractivity contribution in [2.24, 2.45) is 11.8 Å². The molecule has 4 heteroatoms. The summed E-state index contributed by atoms with van der Waals surface area (Å²) in [4.78, 5) is 28.9. The van der Waals surface area contributed by atoms with Crippen molar-refractivity contribution in [2.45, 2.75) is 64.5 Å². The van der Waals surface area contributed by atoms with Crippen LogP contribution in [0.2, 0.25) is 0 Å². The van der Waals surface area contributed by atoms with E-state index in [-0.39, 0.29) is 17.9 Å². The summed E-state index contributed by atoms with van der Waals surface area (Å²) in [7, 11) is 0. The minimum Gasteiger partial charge on any atom is -0.329 e. The van der Waals surface area contributed by atoms with Crippen LogP contribution in [0.15, 0.2) is 0 Å². The maximum atomic E-state index is 12.8. The lowest BCUT2D eigenvalue weighted by Crippen LogP contribution is -2.63. The Labute approximate surface area is 121 Å². The molecule has 3 fully saturated rings. The van der Waals surface area contributed by atoms with Crippen LogP contribution in [0.25, 0.3) is 0 Å². The molecule has 20 heavy (non-hydrogen) atoms. The highest BCUT2D eigenvalue weighted by molar-refractivity contribution is 5.95. The Hall–Kier alpha value is -1.06. The standard InChI is InChI=1S/C16H26N2O2/c1-3-12-7-8-13(11(12)2)18-10-15(19)17-9-5-4-6-14(17)16(18)20/h11-14H,3-10H2,1-2H3. The van der Waals surface area contributed by atoms with Crippen LogP contribution in [0.1, 0.15) is 52.4 Å². The zero-order valence-electron chi connectivity index (χ0n) is 12.7. The molecule has 1 saturated carbocycles. The van der Waals surface area contributed by atoms with Crippen LogP contribution in [0.5, 0.6) is 0 Å². The third kappa shape index (κ3) is 2.13. The predicted octanol–water partition coefficient (Wildman–Crippen LogP) is 2.03.